The number of ether oxygens (including phenoxy) is 1. The van der Waals surface area contributed by atoms with E-state index >= 15 is 0 Å². The molecule has 2 heteroatoms. The number of carbonyl (C=O) groups is 1. The highest BCUT2D eigenvalue weighted by Gasteiger charge is 2.18. The number of hydrogen-bond donors (Lipinski definition) is 0. The molecule has 0 bridgehead atoms. The van der Waals surface area contributed by atoms with Crippen LogP contribution in [0.15, 0.2) is 49.0 Å². The molecule has 0 aliphatic carbocycles. The van der Waals surface area contributed by atoms with E-state index in [1.54, 1.807) is 18.2 Å². The quantitative estimate of drug-likeness (QED) is 0.516. The van der Waals surface area contributed by atoms with Crippen LogP contribution in [0.1, 0.15) is 66.6 Å². The van der Waals surface area contributed by atoms with Crippen LogP contribution in [0.25, 0.3) is 6.08 Å². The van der Waals surface area contributed by atoms with Gasteiger partial charge in [0.15, 0.2) is 0 Å². The van der Waals surface area contributed by atoms with Crippen molar-refractivity contribution in [2.24, 2.45) is 0 Å². The minimum absolute atomic E-state index is 0.291. The van der Waals surface area contributed by atoms with Crippen molar-refractivity contribution < 1.29 is 9.53 Å². The fourth-order valence-electron chi connectivity index (χ4n) is 2.51. The average molecular weight is 308 g/mol. The third kappa shape index (κ3) is 3.89. The highest BCUT2D eigenvalue weighted by molar-refractivity contribution is 5.91. The van der Waals surface area contributed by atoms with E-state index in [0.717, 1.165) is 16.7 Å². The maximum absolute atomic E-state index is 12.5. The Morgan fingerprint density at radius 2 is 1.48 bits per heavy atom. The summed E-state index contributed by atoms with van der Waals surface area (Å²) in [5.74, 6) is 0.963. The van der Waals surface area contributed by atoms with Crippen LogP contribution < -0.4 is 4.74 Å². The van der Waals surface area contributed by atoms with Crippen LogP contribution >= 0.6 is 0 Å². The molecule has 2 rings (SSSR count). The molecule has 0 heterocycles. The number of carbonyl (C=O) groups excluding carboxylic acids is 1. The van der Waals surface area contributed by atoms with Gasteiger partial charge in [0.2, 0.25) is 0 Å². The first-order valence-electron chi connectivity index (χ1n) is 8.01. The van der Waals surface area contributed by atoms with Crippen molar-refractivity contribution in [3.8, 4) is 5.75 Å². The number of rotatable bonds is 5. The van der Waals surface area contributed by atoms with Crippen LogP contribution in [0.3, 0.4) is 0 Å². The van der Waals surface area contributed by atoms with Gasteiger partial charge in [-0.25, -0.2) is 4.79 Å². The first-order chi connectivity index (χ1) is 10.9. The minimum atomic E-state index is -0.324. The molecule has 0 aliphatic heterocycles. The third-order valence-corrected chi connectivity index (χ3v) is 3.90. The molecule has 120 valence electrons. The van der Waals surface area contributed by atoms with Gasteiger partial charge < -0.3 is 4.74 Å². The standard InChI is InChI=1S/C21H24O2/c1-6-16-10-12-17(13-11-16)21(22)23-20-18(14(2)3)8-7-9-19(20)15(4)5/h6-15H,1H2,2-5H3. The smallest absolute Gasteiger partial charge is 0.343 e. The molecule has 0 fully saturated rings. The molecule has 0 radical (unpaired) electrons. The van der Waals surface area contributed by atoms with Crippen molar-refractivity contribution in [1.29, 1.82) is 0 Å². The Morgan fingerprint density at radius 1 is 0.957 bits per heavy atom. The molecule has 2 aromatic rings. The SMILES string of the molecule is C=Cc1ccc(C(=O)Oc2c(C(C)C)cccc2C(C)C)cc1. The van der Waals surface area contributed by atoms with Gasteiger partial charge in [-0.2, -0.15) is 0 Å². The molecule has 0 N–H and O–H groups in total. The average Bonchev–Trinajstić information content (AvgIpc) is 2.54. The summed E-state index contributed by atoms with van der Waals surface area (Å²) in [4.78, 5) is 12.5. The molecule has 23 heavy (non-hydrogen) atoms. The largest absolute Gasteiger partial charge is 0.422 e. The summed E-state index contributed by atoms with van der Waals surface area (Å²) < 4.78 is 5.79. The second-order valence-corrected chi connectivity index (χ2v) is 6.29. The van der Waals surface area contributed by atoms with E-state index in [0.29, 0.717) is 23.1 Å². The summed E-state index contributed by atoms with van der Waals surface area (Å²) in [6, 6.07) is 13.3. The van der Waals surface area contributed by atoms with Crippen LogP contribution in [0.5, 0.6) is 5.75 Å². The summed E-state index contributed by atoms with van der Waals surface area (Å²) in [7, 11) is 0. The molecule has 0 atom stereocenters. The van der Waals surface area contributed by atoms with E-state index in [1.807, 2.05) is 30.3 Å². The lowest BCUT2D eigenvalue weighted by Crippen LogP contribution is -2.12. The maximum Gasteiger partial charge on any atom is 0.343 e. The lowest BCUT2D eigenvalue weighted by atomic mass is 9.94. The van der Waals surface area contributed by atoms with Gasteiger partial charge >= 0.3 is 5.97 Å². The van der Waals surface area contributed by atoms with Crippen molar-refractivity contribution >= 4 is 12.0 Å². The van der Waals surface area contributed by atoms with Crippen molar-refractivity contribution in [1.82, 2.24) is 0 Å². The fraction of sp³-hybridized carbons (Fsp3) is 0.286. The molecule has 0 saturated carbocycles. The zero-order valence-corrected chi connectivity index (χ0v) is 14.3. The Hall–Kier alpha value is -2.35. The minimum Gasteiger partial charge on any atom is -0.422 e. The van der Waals surface area contributed by atoms with Gasteiger partial charge in [-0.15, -0.1) is 0 Å². The van der Waals surface area contributed by atoms with Gasteiger partial charge in [-0.1, -0.05) is 70.7 Å². The van der Waals surface area contributed by atoms with Crippen LogP contribution in [0.4, 0.5) is 0 Å². The zero-order valence-electron chi connectivity index (χ0n) is 14.3. The van der Waals surface area contributed by atoms with E-state index in [-0.39, 0.29) is 5.97 Å². The molecule has 0 amide bonds. The molecular weight excluding hydrogens is 284 g/mol. The molecule has 0 aliphatic rings. The Bertz CT molecular complexity index is 668. The van der Waals surface area contributed by atoms with E-state index < -0.39 is 0 Å². The Kier molecular flexibility index (Phi) is 5.38. The van der Waals surface area contributed by atoms with Gasteiger partial charge in [-0.3, -0.25) is 0 Å². The van der Waals surface area contributed by atoms with Crippen molar-refractivity contribution in [3.63, 3.8) is 0 Å². The number of benzene rings is 2. The fourth-order valence-corrected chi connectivity index (χ4v) is 2.51. The topological polar surface area (TPSA) is 26.3 Å². The first kappa shape index (κ1) is 17.0. The third-order valence-electron chi connectivity index (χ3n) is 3.90. The van der Waals surface area contributed by atoms with Crippen LogP contribution in [0.2, 0.25) is 0 Å². The highest BCUT2D eigenvalue weighted by atomic mass is 16.5. The van der Waals surface area contributed by atoms with Gasteiger partial charge in [0.25, 0.3) is 0 Å². The Labute approximate surface area is 138 Å². The number of hydrogen-bond acceptors (Lipinski definition) is 2. The summed E-state index contributed by atoms with van der Waals surface area (Å²) >= 11 is 0. The monoisotopic (exact) mass is 308 g/mol. The lowest BCUT2D eigenvalue weighted by Gasteiger charge is -2.19. The highest BCUT2D eigenvalue weighted by Crippen LogP contribution is 2.35. The number of para-hydroxylation sites is 1. The van der Waals surface area contributed by atoms with Crippen molar-refractivity contribution in [3.05, 3.63) is 71.3 Å². The molecular formula is C21H24O2. The molecule has 2 aromatic carbocycles. The molecule has 0 spiro atoms. The van der Waals surface area contributed by atoms with Gasteiger partial charge in [0, 0.05) is 0 Å². The Balaban J connectivity index is 2.37. The van der Waals surface area contributed by atoms with Crippen molar-refractivity contribution in [2.75, 3.05) is 0 Å². The van der Waals surface area contributed by atoms with E-state index in [1.165, 1.54) is 0 Å². The van der Waals surface area contributed by atoms with Crippen LogP contribution in [0, 0.1) is 0 Å². The van der Waals surface area contributed by atoms with Crippen LogP contribution in [-0.4, -0.2) is 5.97 Å². The van der Waals surface area contributed by atoms with E-state index in [4.69, 9.17) is 4.74 Å². The summed E-state index contributed by atoms with van der Waals surface area (Å²) in [5, 5.41) is 0. The molecule has 0 unspecified atom stereocenters. The summed E-state index contributed by atoms with van der Waals surface area (Å²) in [5.41, 5.74) is 3.65. The Morgan fingerprint density at radius 3 is 1.91 bits per heavy atom. The zero-order chi connectivity index (χ0) is 17.0. The van der Waals surface area contributed by atoms with E-state index in [9.17, 15) is 4.79 Å². The lowest BCUT2D eigenvalue weighted by molar-refractivity contribution is 0.0731. The molecule has 0 aromatic heterocycles. The molecule has 2 nitrogen and oxygen atoms in total. The normalized spacial score (nSPS) is 10.9. The first-order valence-corrected chi connectivity index (χ1v) is 8.01. The van der Waals surface area contributed by atoms with Gasteiger partial charge in [0.1, 0.15) is 5.75 Å². The predicted octanol–water partition coefficient (Wildman–Crippen LogP) is 5.80. The second kappa shape index (κ2) is 7.28. The van der Waals surface area contributed by atoms with Crippen molar-refractivity contribution in [2.45, 2.75) is 39.5 Å². The van der Waals surface area contributed by atoms with Crippen LogP contribution in [-0.2, 0) is 0 Å². The second-order valence-electron chi connectivity index (χ2n) is 6.29. The number of esters is 1. The molecule has 0 saturated heterocycles. The predicted molar refractivity (Wildman–Crippen MR) is 96.1 cm³/mol. The van der Waals surface area contributed by atoms with Gasteiger partial charge in [-0.05, 0) is 40.7 Å². The maximum atomic E-state index is 12.5. The van der Waals surface area contributed by atoms with E-state index in [2.05, 4.69) is 34.3 Å². The van der Waals surface area contributed by atoms with Gasteiger partial charge in [0.05, 0.1) is 5.56 Å². The summed E-state index contributed by atoms with van der Waals surface area (Å²) in [6.07, 6.45) is 1.75. The summed E-state index contributed by atoms with van der Waals surface area (Å²) in [6.45, 7) is 12.1.